The lowest BCUT2D eigenvalue weighted by molar-refractivity contribution is -0.124. The summed E-state index contributed by atoms with van der Waals surface area (Å²) in [5.74, 6) is 0.0140. The van der Waals surface area contributed by atoms with Crippen molar-refractivity contribution >= 4 is 23.2 Å². The van der Waals surface area contributed by atoms with Gasteiger partial charge < -0.3 is 20.7 Å². The molecule has 1 atom stereocenters. The third-order valence-electron chi connectivity index (χ3n) is 3.93. The molecule has 1 saturated heterocycles. The Bertz CT molecular complexity index is 534. The van der Waals surface area contributed by atoms with Crippen molar-refractivity contribution in [1.82, 2.24) is 5.32 Å². The maximum Gasteiger partial charge on any atom is 0.245 e. The molecule has 1 unspecified atom stereocenters. The maximum absolute atomic E-state index is 12.4. The number of ether oxygens (including phenoxy) is 1. The number of benzene rings is 1. The number of halogens is 1. The fraction of sp³-hybridized carbons (Fsp3) is 0.533. The Balaban J connectivity index is 1.88. The first-order valence-corrected chi connectivity index (χ1v) is 7.70. The van der Waals surface area contributed by atoms with Gasteiger partial charge in [-0.05, 0) is 24.5 Å². The minimum Gasteiger partial charge on any atom is -0.377 e. The lowest BCUT2D eigenvalue weighted by Crippen LogP contribution is -2.54. The highest BCUT2D eigenvalue weighted by Crippen LogP contribution is 2.32. The standard InChI is InChI=1S/C15H20ClN3O2/c16-12-3-1-2-10(8-17)14(12)19-6-7-21-9-13(19)15(20)18-11-4-5-11/h1-3,11,13H,4-9,17H2,(H,18,20). The highest BCUT2D eigenvalue weighted by Gasteiger charge is 2.34. The van der Waals surface area contributed by atoms with Crippen LogP contribution in [0.4, 0.5) is 5.69 Å². The molecule has 0 radical (unpaired) electrons. The molecule has 5 nitrogen and oxygen atoms in total. The monoisotopic (exact) mass is 309 g/mol. The van der Waals surface area contributed by atoms with Gasteiger partial charge in [-0.2, -0.15) is 0 Å². The quantitative estimate of drug-likeness (QED) is 0.879. The average molecular weight is 310 g/mol. The van der Waals surface area contributed by atoms with Crippen molar-refractivity contribution in [2.45, 2.75) is 31.5 Å². The van der Waals surface area contributed by atoms with Crippen LogP contribution >= 0.6 is 11.6 Å². The second kappa shape index (κ2) is 6.22. The molecule has 1 aromatic rings. The van der Waals surface area contributed by atoms with E-state index in [1.54, 1.807) is 0 Å². The van der Waals surface area contributed by atoms with E-state index < -0.39 is 0 Å². The van der Waals surface area contributed by atoms with Gasteiger partial charge in [-0.3, -0.25) is 4.79 Å². The zero-order valence-electron chi connectivity index (χ0n) is 11.8. The third-order valence-corrected chi connectivity index (χ3v) is 4.24. The zero-order valence-corrected chi connectivity index (χ0v) is 12.6. The minimum atomic E-state index is -0.343. The molecule has 3 N–H and O–H groups in total. The zero-order chi connectivity index (χ0) is 14.8. The van der Waals surface area contributed by atoms with Gasteiger partial charge in [0.15, 0.2) is 0 Å². The summed E-state index contributed by atoms with van der Waals surface area (Å²) in [6.45, 7) is 2.00. The molecule has 1 amide bonds. The van der Waals surface area contributed by atoms with Crippen LogP contribution in [0, 0.1) is 0 Å². The maximum atomic E-state index is 12.4. The number of nitrogens with one attached hydrogen (secondary N) is 1. The van der Waals surface area contributed by atoms with Gasteiger partial charge in [0.1, 0.15) is 6.04 Å². The first-order valence-electron chi connectivity index (χ1n) is 7.33. The highest BCUT2D eigenvalue weighted by molar-refractivity contribution is 6.33. The molecule has 1 aliphatic heterocycles. The Morgan fingerprint density at radius 3 is 3.00 bits per heavy atom. The normalized spacial score (nSPS) is 22.2. The van der Waals surface area contributed by atoms with Crippen molar-refractivity contribution in [2.24, 2.45) is 5.73 Å². The molecule has 2 fully saturated rings. The highest BCUT2D eigenvalue weighted by atomic mass is 35.5. The third kappa shape index (κ3) is 3.15. The lowest BCUT2D eigenvalue weighted by atomic mass is 10.1. The van der Waals surface area contributed by atoms with Gasteiger partial charge in [0, 0.05) is 19.1 Å². The number of para-hydroxylation sites is 1. The van der Waals surface area contributed by atoms with Gasteiger partial charge >= 0.3 is 0 Å². The summed E-state index contributed by atoms with van der Waals surface area (Å²) >= 11 is 6.36. The van der Waals surface area contributed by atoms with E-state index in [9.17, 15) is 4.79 Å². The molecular formula is C15H20ClN3O2. The molecule has 1 saturated carbocycles. The minimum absolute atomic E-state index is 0.0140. The van der Waals surface area contributed by atoms with E-state index in [2.05, 4.69) is 5.32 Å². The van der Waals surface area contributed by atoms with Crippen LogP contribution in [0.5, 0.6) is 0 Å². The van der Waals surface area contributed by atoms with Crippen molar-refractivity contribution in [3.8, 4) is 0 Å². The SMILES string of the molecule is NCc1cccc(Cl)c1N1CCOCC1C(=O)NC1CC1. The summed E-state index contributed by atoms with van der Waals surface area (Å²) in [5, 5.41) is 3.67. The smallest absolute Gasteiger partial charge is 0.245 e. The number of hydrogen-bond donors (Lipinski definition) is 2. The summed E-state index contributed by atoms with van der Waals surface area (Å²) < 4.78 is 5.49. The molecule has 1 aromatic carbocycles. The predicted octanol–water partition coefficient (Wildman–Crippen LogP) is 1.28. The number of rotatable bonds is 4. The van der Waals surface area contributed by atoms with Crippen LogP contribution in [0.2, 0.25) is 5.02 Å². The van der Waals surface area contributed by atoms with Gasteiger partial charge in [0.05, 0.1) is 23.9 Å². The lowest BCUT2D eigenvalue weighted by Gasteiger charge is -2.37. The number of morpholine rings is 1. The number of nitrogens with two attached hydrogens (primary N) is 1. The largest absolute Gasteiger partial charge is 0.377 e. The number of carbonyl (C=O) groups excluding carboxylic acids is 1. The van der Waals surface area contributed by atoms with Gasteiger partial charge in [0.25, 0.3) is 0 Å². The van der Waals surface area contributed by atoms with E-state index in [1.165, 1.54) is 0 Å². The topological polar surface area (TPSA) is 67.6 Å². The van der Waals surface area contributed by atoms with Crippen LogP contribution < -0.4 is 16.0 Å². The van der Waals surface area contributed by atoms with Crippen LogP contribution in [0.1, 0.15) is 18.4 Å². The fourth-order valence-electron chi connectivity index (χ4n) is 2.66. The fourth-order valence-corrected chi connectivity index (χ4v) is 2.96. The molecule has 0 bridgehead atoms. The molecule has 6 heteroatoms. The molecule has 0 aromatic heterocycles. The van der Waals surface area contributed by atoms with E-state index in [0.717, 1.165) is 24.1 Å². The first-order chi connectivity index (χ1) is 10.2. The van der Waals surface area contributed by atoms with Gasteiger partial charge in [0.2, 0.25) is 5.91 Å². The summed E-state index contributed by atoms with van der Waals surface area (Å²) in [6, 6.07) is 5.66. The van der Waals surface area contributed by atoms with Crippen LogP contribution in [0.25, 0.3) is 0 Å². The Morgan fingerprint density at radius 2 is 2.29 bits per heavy atom. The number of nitrogens with zero attached hydrogens (tertiary/aromatic N) is 1. The molecule has 114 valence electrons. The number of hydrogen-bond acceptors (Lipinski definition) is 4. The van der Waals surface area contributed by atoms with E-state index in [4.69, 9.17) is 22.1 Å². The molecule has 21 heavy (non-hydrogen) atoms. The second-order valence-electron chi connectivity index (χ2n) is 5.52. The van der Waals surface area contributed by atoms with Crippen LogP contribution in [-0.2, 0) is 16.1 Å². The van der Waals surface area contributed by atoms with Gasteiger partial charge in [-0.15, -0.1) is 0 Å². The van der Waals surface area contributed by atoms with Crippen LogP contribution in [0.3, 0.4) is 0 Å². The Morgan fingerprint density at radius 1 is 1.48 bits per heavy atom. The van der Waals surface area contributed by atoms with Crippen LogP contribution in [0.15, 0.2) is 18.2 Å². The van der Waals surface area contributed by atoms with E-state index in [-0.39, 0.29) is 11.9 Å². The van der Waals surface area contributed by atoms with Gasteiger partial charge in [-0.1, -0.05) is 23.7 Å². The molecule has 3 rings (SSSR count). The summed E-state index contributed by atoms with van der Waals surface area (Å²) in [4.78, 5) is 14.5. The summed E-state index contributed by atoms with van der Waals surface area (Å²) in [7, 11) is 0. The van der Waals surface area contributed by atoms with E-state index >= 15 is 0 Å². The molecule has 0 spiro atoms. The molecule has 1 aliphatic carbocycles. The molecule has 2 aliphatic rings. The predicted molar refractivity (Wildman–Crippen MR) is 82.5 cm³/mol. The summed E-state index contributed by atoms with van der Waals surface area (Å²) in [5.41, 5.74) is 7.64. The van der Waals surface area contributed by atoms with Crippen molar-refractivity contribution in [3.63, 3.8) is 0 Å². The van der Waals surface area contributed by atoms with E-state index in [0.29, 0.717) is 37.4 Å². The van der Waals surface area contributed by atoms with Crippen molar-refractivity contribution in [2.75, 3.05) is 24.7 Å². The number of amides is 1. The Kier molecular flexibility index (Phi) is 4.33. The van der Waals surface area contributed by atoms with Gasteiger partial charge in [-0.25, -0.2) is 0 Å². The van der Waals surface area contributed by atoms with Crippen molar-refractivity contribution in [3.05, 3.63) is 28.8 Å². The first kappa shape index (κ1) is 14.6. The molecule has 1 heterocycles. The summed E-state index contributed by atoms with van der Waals surface area (Å²) in [6.07, 6.45) is 2.14. The molecular weight excluding hydrogens is 290 g/mol. The van der Waals surface area contributed by atoms with E-state index in [1.807, 2.05) is 23.1 Å². The van der Waals surface area contributed by atoms with Crippen LogP contribution in [-0.4, -0.2) is 37.7 Å². The number of anilines is 1. The number of carbonyl (C=O) groups is 1. The second-order valence-corrected chi connectivity index (χ2v) is 5.93. The average Bonchev–Trinajstić information content (AvgIpc) is 3.31. The Hall–Kier alpha value is -1.30. The van der Waals surface area contributed by atoms with Crippen molar-refractivity contribution < 1.29 is 9.53 Å². The van der Waals surface area contributed by atoms with Crippen molar-refractivity contribution in [1.29, 1.82) is 0 Å². The Labute approximate surface area is 129 Å².